The molecule has 2 aliphatic rings. The number of benzene rings is 2. The highest BCUT2D eigenvalue weighted by Gasteiger charge is 2.36. The standard InChI is InChI=1S/C30H38N4O3/c1-19(2)16-25-24-15-9-11-21(4)27(24)34(18-26(35)22-12-6-5-7-13-22)29(36)28(32-25)33-30(37)31-23-14-8-10-20(3)17-23/h8-11,14-15,17,19,22,28H,5-7,12-13,16,18H2,1-4H3,(H2,31,33,37). The van der Waals surface area contributed by atoms with Crippen LogP contribution in [0.4, 0.5) is 16.2 Å². The fourth-order valence-electron chi connectivity index (χ4n) is 5.31. The van der Waals surface area contributed by atoms with E-state index < -0.39 is 18.1 Å². The maximum Gasteiger partial charge on any atom is 0.321 e. The third-order valence-electron chi connectivity index (χ3n) is 7.12. The fraction of sp³-hybridized carbons (Fsp3) is 0.467. The van der Waals surface area contributed by atoms with Crippen LogP contribution < -0.4 is 15.5 Å². The number of carbonyl (C=O) groups is 3. The third-order valence-corrected chi connectivity index (χ3v) is 7.12. The van der Waals surface area contributed by atoms with Crippen LogP contribution in [-0.2, 0) is 9.59 Å². The van der Waals surface area contributed by atoms with E-state index in [9.17, 15) is 14.4 Å². The van der Waals surface area contributed by atoms with Gasteiger partial charge in [-0.15, -0.1) is 0 Å². The number of amides is 3. The topological polar surface area (TPSA) is 90.9 Å². The van der Waals surface area contributed by atoms with Crippen molar-refractivity contribution in [3.63, 3.8) is 0 Å². The summed E-state index contributed by atoms with van der Waals surface area (Å²) in [6, 6.07) is 12.8. The Labute approximate surface area is 219 Å². The van der Waals surface area contributed by atoms with Crippen molar-refractivity contribution in [1.82, 2.24) is 5.32 Å². The fourth-order valence-corrected chi connectivity index (χ4v) is 5.31. The number of anilines is 2. The van der Waals surface area contributed by atoms with E-state index in [1.165, 1.54) is 0 Å². The average molecular weight is 503 g/mol. The molecule has 196 valence electrons. The van der Waals surface area contributed by atoms with Crippen LogP contribution in [0.2, 0.25) is 0 Å². The number of hydrogen-bond acceptors (Lipinski definition) is 4. The molecule has 1 unspecified atom stereocenters. The molecule has 2 aromatic carbocycles. The summed E-state index contributed by atoms with van der Waals surface area (Å²) in [6.45, 7) is 8.09. The largest absolute Gasteiger partial charge is 0.321 e. The Bertz CT molecular complexity index is 1200. The molecule has 37 heavy (non-hydrogen) atoms. The number of urea groups is 1. The zero-order valence-corrected chi connectivity index (χ0v) is 22.3. The van der Waals surface area contributed by atoms with Gasteiger partial charge in [-0.1, -0.05) is 63.4 Å². The van der Waals surface area contributed by atoms with Gasteiger partial charge in [0, 0.05) is 22.9 Å². The Morgan fingerprint density at radius 3 is 2.49 bits per heavy atom. The monoisotopic (exact) mass is 502 g/mol. The molecule has 0 aromatic heterocycles. The molecule has 1 aliphatic carbocycles. The first-order valence-electron chi connectivity index (χ1n) is 13.4. The van der Waals surface area contributed by atoms with E-state index in [0.717, 1.165) is 60.2 Å². The van der Waals surface area contributed by atoms with E-state index in [-0.39, 0.29) is 18.2 Å². The van der Waals surface area contributed by atoms with Crippen molar-refractivity contribution >= 4 is 34.8 Å². The number of aliphatic imine (C=N–C) groups is 1. The van der Waals surface area contributed by atoms with Crippen LogP contribution in [0.3, 0.4) is 0 Å². The Kier molecular flexibility index (Phi) is 8.41. The first kappa shape index (κ1) is 26.6. The molecule has 1 atom stereocenters. The first-order valence-corrected chi connectivity index (χ1v) is 13.4. The Morgan fingerprint density at radius 2 is 1.78 bits per heavy atom. The summed E-state index contributed by atoms with van der Waals surface area (Å²) in [4.78, 5) is 46.7. The molecule has 1 saturated carbocycles. The van der Waals surface area contributed by atoms with Crippen LogP contribution in [0, 0.1) is 25.7 Å². The summed E-state index contributed by atoms with van der Waals surface area (Å²) in [7, 11) is 0. The highest BCUT2D eigenvalue weighted by molar-refractivity contribution is 6.15. The maximum atomic E-state index is 14.0. The number of nitrogens with zero attached hydrogens (tertiary/aromatic N) is 2. The van der Waals surface area contributed by atoms with Crippen LogP contribution >= 0.6 is 0 Å². The molecular formula is C30H38N4O3. The summed E-state index contributed by atoms with van der Waals surface area (Å²) in [5.41, 5.74) is 4.88. The Hall–Kier alpha value is -3.48. The van der Waals surface area contributed by atoms with Gasteiger partial charge in [-0.05, 0) is 62.3 Å². The normalized spacial score (nSPS) is 18.2. The Balaban J connectivity index is 1.68. The lowest BCUT2D eigenvalue weighted by molar-refractivity contribution is -0.126. The molecule has 1 fully saturated rings. The number of benzodiazepines with no additional fused rings is 1. The second kappa shape index (κ2) is 11.7. The van der Waals surface area contributed by atoms with E-state index in [0.29, 0.717) is 18.0 Å². The van der Waals surface area contributed by atoms with Gasteiger partial charge in [0.05, 0.1) is 12.2 Å². The summed E-state index contributed by atoms with van der Waals surface area (Å²) >= 11 is 0. The third kappa shape index (κ3) is 6.45. The van der Waals surface area contributed by atoms with E-state index >= 15 is 0 Å². The van der Waals surface area contributed by atoms with Crippen LogP contribution in [0.15, 0.2) is 47.5 Å². The average Bonchev–Trinajstić information content (AvgIpc) is 2.95. The minimum atomic E-state index is -1.13. The lowest BCUT2D eigenvalue weighted by Gasteiger charge is -2.29. The van der Waals surface area contributed by atoms with Crippen LogP contribution in [0.25, 0.3) is 0 Å². The molecule has 1 heterocycles. The molecule has 7 heteroatoms. The molecule has 0 radical (unpaired) electrons. The van der Waals surface area contributed by atoms with Gasteiger partial charge in [-0.2, -0.15) is 0 Å². The quantitative estimate of drug-likeness (QED) is 0.503. The van der Waals surface area contributed by atoms with Crippen molar-refractivity contribution in [3.05, 3.63) is 59.2 Å². The molecule has 3 amide bonds. The summed E-state index contributed by atoms with van der Waals surface area (Å²) < 4.78 is 0. The zero-order valence-electron chi connectivity index (χ0n) is 22.3. The molecule has 0 spiro atoms. The molecule has 0 saturated heterocycles. The maximum absolute atomic E-state index is 14.0. The van der Waals surface area contributed by atoms with Crippen LogP contribution in [0.5, 0.6) is 0 Å². The summed E-state index contributed by atoms with van der Waals surface area (Å²) in [5, 5.41) is 5.59. The number of Topliss-reactive ketones (excluding diaryl/α,β-unsaturated/α-hetero) is 1. The van der Waals surface area contributed by atoms with Gasteiger partial charge in [0.2, 0.25) is 6.17 Å². The molecular weight excluding hydrogens is 464 g/mol. The molecule has 2 aromatic rings. The summed E-state index contributed by atoms with van der Waals surface area (Å²) in [6.07, 6.45) is 4.50. The number of ketones is 1. The second-order valence-corrected chi connectivity index (χ2v) is 10.7. The number of rotatable bonds is 7. The second-order valence-electron chi connectivity index (χ2n) is 10.7. The molecule has 2 N–H and O–H groups in total. The van der Waals surface area contributed by atoms with Crippen molar-refractivity contribution in [1.29, 1.82) is 0 Å². The van der Waals surface area contributed by atoms with Crippen molar-refractivity contribution < 1.29 is 14.4 Å². The lowest BCUT2D eigenvalue weighted by atomic mass is 9.86. The number of carbonyl (C=O) groups excluding carboxylic acids is 3. The number of aryl methyl sites for hydroxylation is 2. The van der Waals surface area contributed by atoms with Gasteiger partial charge in [0.25, 0.3) is 5.91 Å². The predicted molar refractivity (Wildman–Crippen MR) is 148 cm³/mol. The van der Waals surface area contributed by atoms with Crippen LogP contribution in [-0.4, -0.2) is 36.1 Å². The number of fused-ring (bicyclic) bond motifs is 1. The van der Waals surface area contributed by atoms with Crippen molar-refractivity contribution in [2.24, 2.45) is 16.8 Å². The number of para-hydroxylation sites is 1. The van der Waals surface area contributed by atoms with Gasteiger partial charge in [0.15, 0.2) is 5.78 Å². The highest BCUT2D eigenvalue weighted by atomic mass is 16.2. The summed E-state index contributed by atoms with van der Waals surface area (Å²) in [5.74, 6) is -0.0425. The van der Waals surface area contributed by atoms with E-state index in [4.69, 9.17) is 4.99 Å². The SMILES string of the molecule is Cc1cccc(NC(=O)NC2N=C(CC(C)C)c3cccc(C)c3N(CC(=O)C3CCCCC3)C2=O)c1. The molecule has 1 aliphatic heterocycles. The molecule has 7 nitrogen and oxygen atoms in total. The Morgan fingerprint density at radius 1 is 1.05 bits per heavy atom. The predicted octanol–water partition coefficient (Wildman–Crippen LogP) is 5.78. The zero-order chi connectivity index (χ0) is 26.5. The smallest absolute Gasteiger partial charge is 0.308 e. The van der Waals surface area contributed by atoms with E-state index in [2.05, 4.69) is 24.5 Å². The number of hydrogen-bond donors (Lipinski definition) is 2. The first-order chi connectivity index (χ1) is 17.7. The van der Waals surface area contributed by atoms with E-state index in [1.807, 2.05) is 50.2 Å². The van der Waals surface area contributed by atoms with Gasteiger partial charge < -0.3 is 15.5 Å². The van der Waals surface area contributed by atoms with Crippen molar-refractivity contribution in [3.8, 4) is 0 Å². The molecule has 0 bridgehead atoms. The lowest BCUT2D eigenvalue weighted by Crippen LogP contribution is -2.50. The minimum Gasteiger partial charge on any atom is -0.308 e. The highest BCUT2D eigenvalue weighted by Crippen LogP contribution is 2.32. The van der Waals surface area contributed by atoms with Gasteiger partial charge in [-0.25, -0.2) is 4.79 Å². The van der Waals surface area contributed by atoms with Crippen molar-refractivity contribution in [2.75, 3.05) is 16.8 Å². The minimum absolute atomic E-state index is 0.0104. The number of nitrogens with one attached hydrogen (secondary N) is 2. The molecule has 4 rings (SSSR count). The van der Waals surface area contributed by atoms with Gasteiger partial charge in [0.1, 0.15) is 0 Å². The van der Waals surface area contributed by atoms with Gasteiger partial charge in [-0.3, -0.25) is 14.6 Å². The van der Waals surface area contributed by atoms with Crippen molar-refractivity contribution in [2.45, 2.75) is 72.4 Å². The van der Waals surface area contributed by atoms with Gasteiger partial charge >= 0.3 is 6.03 Å². The van der Waals surface area contributed by atoms with E-state index in [1.54, 1.807) is 11.0 Å². The van der Waals surface area contributed by atoms with Crippen LogP contribution in [0.1, 0.15) is 69.1 Å².